The lowest BCUT2D eigenvalue weighted by molar-refractivity contribution is -0.229. The second-order valence-corrected chi connectivity index (χ2v) is 6.98. The van der Waals surface area contributed by atoms with Crippen molar-refractivity contribution in [2.24, 2.45) is 0 Å². The molecule has 5 nitrogen and oxygen atoms in total. The predicted molar refractivity (Wildman–Crippen MR) is 94.3 cm³/mol. The fourth-order valence-electron chi connectivity index (χ4n) is 2.76. The molecule has 1 fully saturated rings. The number of hydrogen-bond donors (Lipinski definition) is 1. The van der Waals surface area contributed by atoms with E-state index < -0.39 is 17.6 Å². The van der Waals surface area contributed by atoms with Crippen LogP contribution in [0, 0.1) is 0 Å². The van der Waals surface area contributed by atoms with Crippen LogP contribution in [0.5, 0.6) is 0 Å². The zero-order chi connectivity index (χ0) is 17.4. The quantitative estimate of drug-likeness (QED) is 0.687. The highest BCUT2D eigenvalue weighted by Crippen LogP contribution is 2.35. The molecule has 1 aliphatic rings. The number of thioether (sulfide) groups is 1. The van der Waals surface area contributed by atoms with Gasteiger partial charge in [-0.2, -0.15) is 0 Å². The molecule has 1 aromatic carbocycles. The molecule has 0 aliphatic carbocycles. The maximum Gasteiger partial charge on any atom is 0.136 e. The van der Waals surface area contributed by atoms with E-state index in [1.54, 1.807) is 14.2 Å². The van der Waals surface area contributed by atoms with Crippen LogP contribution in [0.15, 0.2) is 35.2 Å². The highest BCUT2D eigenvalue weighted by Gasteiger charge is 2.46. The molecule has 0 spiro atoms. The highest BCUT2D eigenvalue weighted by molar-refractivity contribution is 7.99. The van der Waals surface area contributed by atoms with Crippen LogP contribution >= 0.6 is 11.8 Å². The van der Waals surface area contributed by atoms with Crippen molar-refractivity contribution in [1.82, 2.24) is 0 Å². The van der Waals surface area contributed by atoms with Gasteiger partial charge >= 0.3 is 0 Å². The highest BCUT2D eigenvalue weighted by atomic mass is 32.2. The SMILES string of the molecule is CCCCOC1C(O)[C@H](Sc2ccccc2)OC(COC)[C@@H]1OC. The van der Waals surface area contributed by atoms with Crippen LogP contribution in [0.2, 0.25) is 0 Å². The Morgan fingerprint density at radius 2 is 1.92 bits per heavy atom. The third kappa shape index (κ3) is 5.18. The Morgan fingerprint density at radius 3 is 2.54 bits per heavy atom. The van der Waals surface area contributed by atoms with Gasteiger partial charge in [-0.05, 0) is 18.6 Å². The van der Waals surface area contributed by atoms with Gasteiger partial charge in [-0.1, -0.05) is 43.3 Å². The molecule has 136 valence electrons. The van der Waals surface area contributed by atoms with Crippen molar-refractivity contribution in [3.8, 4) is 0 Å². The topological polar surface area (TPSA) is 57.2 Å². The van der Waals surface area contributed by atoms with Crippen molar-refractivity contribution in [2.75, 3.05) is 27.4 Å². The molecule has 0 saturated carbocycles. The van der Waals surface area contributed by atoms with Crippen LogP contribution in [-0.4, -0.2) is 62.4 Å². The van der Waals surface area contributed by atoms with E-state index in [-0.39, 0.29) is 12.2 Å². The van der Waals surface area contributed by atoms with Crippen LogP contribution in [0.4, 0.5) is 0 Å². The molecule has 24 heavy (non-hydrogen) atoms. The molecule has 1 N–H and O–H groups in total. The van der Waals surface area contributed by atoms with Gasteiger partial charge in [0.15, 0.2) is 0 Å². The second-order valence-electron chi connectivity index (χ2n) is 5.81. The monoisotopic (exact) mass is 356 g/mol. The maximum absolute atomic E-state index is 10.8. The van der Waals surface area contributed by atoms with E-state index in [0.29, 0.717) is 13.2 Å². The van der Waals surface area contributed by atoms with Crippen LogP contribution < -0.4 is 0 Å². The van der Waals surface area contributed by atoms with Gasteiger partial charge in [-0.3, -0.25) is 0 Å². The van der Waals surface area contributed by atoms with Crippen molar-refractivity contribution < 1.29 is 24.1 Å². The van der Waals surface area contributed by atoms with E-state index in [4.69, 9.17) is 18.9 Å². The van der Waals surface area contributed by atoms with Crippen LogP contribution in [0.25, 0.3) is 0 Å². The first-order valence-corrected chi connectivity index (χ1v) is 9.27. The molecule has 6 heteroatoms. The fourth-order valence-corrected chi connectivity index (χ4v) is 3.84. The molecule has 0 radical (unpaired) electrons. The molecule has 0 aromatic heterocycles. The Hall–Kier alpha value is -0.630. The van der Waals surface area contributed by atoms with E-state index >= 15 is 0 Å². The van der Waals surface area contributed by atoms with Crippen molar-refractivity contribution in [3.63, 3.8) is 0 Å². The number of unbranched alkanes of at least 4 members (excludes halogenated alkanes) is 1. The lowest BCUT2D eigenvalue weighted by atomic mass is 9.99. The minimum absolute atomic E-state index is 0.281. The van der Waals surface area contributed by atoms with Gasteiger partial charge in [0.2, 0.25) is 0 Å². The average Bonchev–Trinajstić information content (AvgIpc) is 2.60. The number of aliphatic hydroxyl groups excluding tert-OH is 1. The molecule has 5 atom stereocenters. The van der Waals surface area contributed by atoms with Gasteiger partial charge in [0.05, 0.1) is 6.61 Å². The third-order valence-electron chi connectivity index (χ3n) is 4.02. The lowest BCUT2D eigenvalue weighted by Crippen LogP contribution is -2.59. The first-order valence-electron chi connectivity index (χ1n) is 8.39. The Bertz CT molecular complexity index is 458. The van der Waals surface area contributed by atoms with E-state index in [1.165, 1.54) is 11.8 Å². The molecule has 2 rings (SSSR count). The van der Waals surface area contributed by atoms with Crippen molar-refractivity contribution in [1.29, 1.82) is 0 Å². The number of rotatable bonds is 9. The summed E-state index contributed by atoms with van der Waals surface area (Å²) in [6, 6.07) is 9.91. The molecule has 0 bridgehead atoms. The Balaban J connectivity index is 2.12. The first kappa shape index (κ1) is 19.7. The Labute approximate surface area is 148 Å². The summed E-state index contributed by atoms with van der Waals surface area (Å²) >= 11 is 1.49. The van der Waals surface area contributed by atoms with Crippen LogP contribution in [0.1, 0.15) is 19.8 Å². The number of ether oxygens (including phenoxy) is 4. The van der Waals surface area contributed by atoms with Gasteiger partial charge in [0.25, 0.3) is 0 Å². The van der Waals surface area contributed by atoms with E-state index in [2.05, 4.69) is 6.92 Å². The minimum atomic E-state index is -0.773. The maximum atomic E-state index is 10.8. The molecular formula is C18H28O5S. The van der Waals surface area contributed by atoms with Crippen LogP contribution in [-0.2, 0) is 18.9 Å². The molecule has 1 aromatic rings. The van der Waals surface area contributed by atoms with Crippen molar-refractivity contribution in [2.45, 2.75) is 54.5 Å². The number of hydrogen-bond acceptors (Lipinski definition) is 6. The average molecular weight is 356 g/mol. The predicted octanol–water partition coefficient (Wildman–Crippen LogP) is 2.71. The van der Waals surface area contributed by atoms with Gasteiger partial charge in [-0.25, -0.2) is 0 Å². The molecule has 0 amide bonds. The summed E-state index contributed by atoms with van der Waals surface area (Å²) in [7, 11) is 3.25. The van der Waals surface area contributed by atoms with Gasteiger partial charge < -0.3 is 24.1 Å². The summed E-state index contributed by atoms with van der Waals surface area (Å²) < 4.78 is 22.9. The van der Waals surface area contributed by atoms with Gasteiger partial charge in [0.1, 0.15) is 29.9 Å². The van der Waals surface area contributed by atoms with E-state index in [9.17, 15) is 5.11 Å². The Kier molecular flexibility index (Phi) is 8.52. The number of methoxy groups -OCH3 is 2. The molecule has 3 unspecified atom stereocenters. The smallest absolute Gasteiger partial charge is 0.136 e. The first-order chi connectivity index (χ1) is 11.7. The van der Waals surface area contributed by atoms with Gasteiger partial charge in [-0.15, -0.1) is 0 Å². The number of aliphatic hydroxyl groups is 1. The summed E-state index contributed by atoms with van der Waals surface area (Å²) in [6.45, 7) is 3.10. The summed E-state index contributed by atoms with van der Waals surface area (Å²) in [5.74, 6) is 0. The van der Waals surface area contributed by atoms with Crippen LogP contribution in [0.3, 0.4) is 0 Å². The standard InChI is InChI=1S/C18H28O5S/c1-4-5-11-22-17-15(19)18(24-13-9-7-6-8-10-13)23-14(12-20-2)16(17)21-3/h6-10,14-19H,4-5,11-12H2,1-3H3/t14?,15?,16-,17?,18-/m0/s1. The van der Waals surface area contributed by atoms with E-state index in [0.717, 1.165) is 17.7 Å². The van der Waals surface area contributed by atoms with Crippen molar-refractivity contribution >= 4 is 11.8 Å². The third-order valence-corrected chi connectivity index (χ3v) is 5.19. The zero-order valence-electron chi connectivity index (χ0n) is 14.6. The largest absolute Gasteiger partial charge is 0.387 e. The summed E-state index contributed by atoms with van der Waals surface area (Å²) in [5, 5.41) is 10.8. The fraction of sp³-hybridized carbons (Fsp3) is 0.667. The molecule has 1 aliphatic heterocycles. The Morgan fingerprint density at radius 1 is 1.17 bits per heavy atom. The molecule has 1 heterocycles. The molecule has 1 saturated heterocycles. The summed E-state index contributed by atoms with van der Waals surface area (Å²) in [5.41, 5.74) is -0.425. The second kappa shape index (κ2) is 10.4. The lowest BCUT2D eigenvalue weighted by Gasteiger charge is -2.43. The summed E-state index contributed by atoms with van der Waals surface area (Å²) in [6.07, 6.45) is 0.148. The van der Waals surface area contributed by atoms with Gasteiger partial charge in [0, 0.05) is 25.7 Å². The minimum Gasteiger partial charge on any atom is -0.387 e. The van der Waals surface area contributed by atoms with Crippen molar-refractivity contribution in [3.05, 3.63) is 30.3 Å². The normalized spacial score (nSPS) is 30.4. The summed E-state index contributed by atoms with van der Waals surface area (Å²) in [4.78, 5) is 1.04. The molecular weight excluding hydrogens is 328 g/mol. The zero-order valence-corrected chi connectivity index (χ0v) is 15.4. The number of benzene rings is 1. The van der Waals surface area contributed by atoms with E-state index in [1.807, 2.05) is 30.3 Å².